The predicted octanol–water partition coefficient (Wildman–Crippen LogP) is 4.85. The maximum atomic E-state index is 14.1. The molecule has 1 unspecified atom stereocenters. The molecule has 0 radical (unpaired) electrons. The smallest absolute Gasteiger partial charge is 0.325 e. The number of nitrogens with one attached hydrogen (secondary N) is 1. The van der Waals surface area contributed by atoms with Gasteiger partial charge >= 0.3 is 5.97 Å². The minimum atomic E-state index is -0.982. The number of carboxylic acids is 1. The number of carboxylic acid groups (broad SMARTS) is 1. The second kappa shape index (κ2) is 13.0. The van der Waals surface area contributed by atoms with Crippen LogP contribution in [0.15, 0.2) is 30.3 Å². The molecule has 1 aromatic carbocycles. The highest BCUT2D eigenvalue weighted by molar-refractivity contribution is 5.76. The number of hydrogen-bond donors (Lipinski definition) is 2. The van der Waals surface area contributed by atoms with Crippen molar-refractivity contribution in [2.75, 3.05) is 45.3 Å². The van der Waals surface area contributed by atoms with Gasteiger partial charge < -0.3 is 19.9 Å². The molecule has 0 bridgehead atoms. The first-order chi connectivity index (χ1) is 17.5. The quantitative estimate of drug-likeness (QED) is 0.381. The first-order valence-electron chi connectivity index (χ1n) is 13.2. The molecule has 1 saturated heterocycles. The summed E-state index contributed by atoms with van der Waals surface area (Å²) in [5, 5.41) is 13.4. The van der Waals surface area contributed by atoms with E-state index in [1.54, 1.807) is 7.11 Å². The molecule has 2 aliphatic heterocycles. The molecule has 2 aromatic rings. The van der Waals surface area contributed by atoms with Crippen LogP contribution < -0.4 is 10.1 Å². The minimum absolute atomic E-state index is 0.279. The predicted molar refractivity (Wildman–Crippen MR) is 137 cm³/mol. The van der Waals surface area contributed by atoms with Crippen molar-refractivity contribution < 1.29 is 23.8 Å². The number of likely N-dealkylation sites (tertiary alicyclic amines) is 1. The Hall–Kier alpha value is -2.71. The second-order valence-electron chi connectivity index (χ2n) is 9.85. The van der Waals surface area contributed by atoms with Gasteiger partial charge in [0.15, 0.2) is 0 Å². The van der Waals surface area contributed by atoms with Crippen molar-refractivity contribution in [2.24, 2.45) is 5.92 Å². The van der Waals surface area contributed by atoms with E-state index in [2.05, 4.69) is 17.4 Å². The van der Waals surface area contributed by atoms with E-state index in [9.17, 15) is 14.3 Å². The highest BCUT2D eigenvalue weighted by Gasteiger charge is 2.35. The van der Waals surface area contributed by atoms with Gasteiger partial charge in [-0.3, -0.25) is 9.69 Å². The summed E-state index contributed by atoms with van der Waals surface area (Å²) >= 11 is 0. The molecule has 0 amide bonds. The third-order valence-corrected chi connectivity index (χ3v) is 7.22. The number of halogens is 1. The molecule has 2 atom stereocenters. The van der Waals surface area contributed by atoms with E-state index < -0.39 is 17.8 Å². The number of hydrogen-bond acceptors (Lipinski definition) is 6. The van der Waals surface area contributed by atoms with Crippen LogP contribution in [0.5, 0.6) is 5.75 Å². The number of benzene rings is 1. The Labute approximate surface area is 213 Å². The van der Waals surface area contributed by atoms with Crippen molar-refractivity contribution in [3.63, 3.8) is 0 Å². The Bertz CT molecular complexity index is 1020. The number of rotatable bonds is 13. The lowest BCUT2D eigenvalue weighted by molar-refractivity contribution is -0.143. The fourth-order valence-electron chi connectivity index (χ4n) is 5.34. The number of ether oxygens (including phenoxy) is 2. The first-order valence-corrected chi connectivity index (χ1v) is 13.2. The fraction of sp³-hybridized carbons (Fsp3) is 0.571. The molecule has 0 aliphatic carbocycles. The zero-order valence-electron chi connectivity index (χ0n) is 21.2. The van der Waals surface area contributed by atoms with E-state index in [-0.39, 0.29) is 6.61 Å². The number of aryl methyl sites for hydroxylation is 2. The normalized spacial score (nSPS) is 18.4. The molecule has 3 heterocycles. The standard InChI is InChI=1S/C28H38FN3O4/c1-35-16-17-36-25-12-10-22(29)18-24(25)26(28(33)34)32-15-13-20(19-32)6-3-2-4-8-23-11-9-21-7-5-14-30-27(21)31-23/h9-12,18,20,26H,2-8,13-17,19H2,1H3,(H,30,31)(H,33,34)/t20-,26?/m1/s1. The highest BCUT2D eigenvalue weighted by Crippen LogP contribution is 2.35. The van der Waals surface area contributed by atoms with Gasteiger partial charge in [0.1, 0.15) is 30.0 Å². The van der Waals surface area contributed by atoms with Crippen LogP contribution >= 0.6 is 0 Å². The van der Waals surface area contributed by atoms with Gasteiger partial charge in [0, 0.05) is 31.5 Å². The lowest BCUT2D eigenvalue weighted by Crippen LogP contribution is -2.33. The van der Waals surface area contributed by atoms with Crippen molar-refractivity contribution in [3.05, 3.63) is 53.0 Å². The monoisotopic (exact) mass is 499 g/mol. The average molecular weight is 500 g/mol. The average Bonchev–Trinajstić information content (AvgIpc) is 3.33. The molecule has 7 nitrogen and oxygen atoms in total. The van der Waals surface area contributed by atoms with Crippen molar-refractivity contribution in [3.8, 4) is 5.75 Å². The molecule has 196 valence electrons. The Morgan fingerprint density at radius 3 is 2.97 bits per heavy atom. The summed E-state index contributed by atoms with van der Waals surface area (Å²) in [7, 11) is 1.57. The lowest BCUT2D eigenvalue weighted by atomic mass is 9.99. The number of pyridine rings is 1. The van der Waals surface area contributed by atoms with Crippen molar-refractivity contribution >= 4 is 11.8 Å². The van der Waals surface area contributed by atoms with Crippen molar-refractivity contribution in [1.82, 2.24) is 9.88 Å². The number of unbranched alkanes of at least 4 members (excludes halogenated alkanes) is 2. The van der Waals surface area contributed by atoms with Crippen LogP contribution in [0.2, 0.25) is 0 Å². The van der Waals surface area contributed by atoms with Gasteiger partial charge in [0.25, 0.3) is 0 Å². The summed E-state index contributed by atoms with van der Waals surface area (Å²) in [6, 6.07) is 7.55. The number of aliphatic carboxylic acids is 1. The zero-order chi connectivity index (χ0) is 25.3. The van der Waals surface area contributed by atoms with Gasteiger partial charge in [-0.05, 0) is 80.8 Å². The van der Waals surface area contributed by atoms with E-state index in [1.165, 1.54) is 30.2 Å². The lowest BCUT2D eigenvalue weighted by Gasteiger charge is -2.26. The fourth-order valence-corrected chi connectivity index (χ4v) is 5.34. The van der Waals surface area contributed by atoms with Crippen LogP contribution in [0, 0.1) is 11.7 Å². The Morgan fingerprint density at radius 1 is 1.25 bits per heavy atom. The van der Waals surface area contributed by atoms with Crippen LogP contribution in [0.3, 0.4) is 0 Å². The molecular formula is C28H38FN3O4. The summed E-state index contributed by atoms with van der Waals surface area (Å²) in [5.74, 6) is 0.461. The SMILES string of the molecule is COCCOc1ccc(F)cc1C(C(=O)O)N1CC[C@@H](CCCCCc2ccc3c(n2)NCCC3)C1. The summed E-state index contributed by atoms with van der Waals surface area (Å²) in [4.78, 5) is 19.0. The topological polar surface area (TPSA) is 83.9 Å². The number of methoxy groups -OCH3 is 1. The maximum Gasteiger partial charge on any atom is 0.325 e. The molecule has 8 heteroatoms. The van der Waals surface area contributed by atoms with E-state index in [0.717, 1.165) is 63.0 Å². The largest absolute Gasteiger partial charge is 0.491 e. The third kappa shape index (κ3) is 6.95. The van der Waals surface area contributed by atoms with Crippen LogP contribution in [-0.4, -0.2) is 60.9 Å². The molecule has 2 aliphatic rings. The molecule has 2 N–H and O–H groups in total. The molecule has 1 fully saturated rings. The summed E-state index contributed by atoms with van der Waals surface area (Å²) in [6.07, 6.45) is 8.64. The second-order valence-corrected chi connectivity index (χ2v) is 9.85. The van der Waals surface area contributed by atoms with Gasteiger partial charge in [-0.25, -0.2) is 9.37 Å². The van der Waals surface area contributed by atoms with Gasteiger partial charge in [0.05, 0.1) is 6.61 Å². The molecule has 36 heavy (non-hydrogen) atoms. The summed E-state index contributed by atoms with van der Waals surface area (Å²) in [6.45, 7) is 3.04. The Kier molecular flexibility index (Phi) is 9.53. The number of anilines is 1. The molecule has 4 rings (SSSR count). The van der Waals surface area contributed by atoms with Crippen LogP contribution in [0.25, 0.3) is 0 Å². The zero-order valence-corrected chi connectivity index (χ0v) is 21.2. The minimum Gasteiger partial charge on any atom is -0.491 e. The molecular weight excluding hydrogens is 461 g/mol. The molecule has 1 aromatic heterocycles. The van der Waals surface area contributed by atoms with E-state index in [1.807, 2.05) is 4.90 Å². The van der Waals surface area contributed by atoms with E-state index in [0.29, 0.717) is 36.9 Å². The van der Waals surface area contributed by atoms with Crippen molar-refractivity contribution in [2.45, 2.75) is 57.4 Å². The van der Waals surface area contributed by atoms with Crippen LogP contribution in [0.1, 0.15) is 61.4 Å². The summed E-state index contributed by atoms with van der Waals surface area (Å²) < 4.78 is 24.8. The molecule has 0 spiro atoms. The Balaban J connectivity index is 1.26. The number of aromatic nitrogens is 1. The number of carbonyl (C=O) groups is 1. The highest BCUT2D eigenvalue weighted by atomic mass is 19.1. The van der Waals surface area contributed by atoms with Crippen LogP contribution in [0.4, 0.5) is 10.2 Å². The summed E-state index contributed by atoms with van der Waals surface area (Å²) in [5.41, 5.74) is 2.84. The van der Waals surface area contributed by atoms with Gasteiger partial charge in [-0.2, -0.15) is 0 Å². The van der Waals surface area contributed by atoms with Gasteiger partial charge in [0.2, 0.25) is 0 Å². The third-order valence-electron chi connectivity index (χ3n) is 7.22. The Morgan fingerprint density at radius 2 is 2.14 bits per heavy atom. The number of fused-ring (bicyclic) bond motifs is 1. The van der Waals surface area contributed by atoms with Crippen molar-refractivity contribution in [1.29, 1.82) is 0 Å². The molecule has 0 saturated carbocycles. The van der Waals surface area contributed by atoms with Gasteiger partial charge in [-0.15, -0.1) is 0 Å². The van der Waals surface area contributed by atoms with E-state index in [4.69, 9.17) is 14.5 Å². The maximum absolute atomic E-state index is 14.1. The van der Waals surface area contributed by atoms with E-state index >= 15 is 0 Å². The van der Waals surface area contributed by atoms with Gasteiger partial charge in [-0.1, -0.05) is 18.9 Å². The van der Waals surface area contributed by atoms with Crippen LogP contribution in [-0.2, 0) is 22.4 Å². The first kappa shape index (κ1) is 26.4. The number of nitrogens with zero attached hydrogens (tertiary/aromatic N) is 2.